The molecule has 0 radical (unpaired) electrons. The van der Waals surface area contributed by atoms with Crippen LogP contribution in [0, 0.1) is 0 Å². The Morgan fingerprint density at radius 3 is 2.81 bits per heavy atom. The van der Waals surface area contributed by atoms with Gasteiger partial charge >= 0.3 is 0 Å². The van der Waals surface area contributed by atoms with Gasteiger partial charge in [-0.15, -0.1) is 0 Å². The Morgan fingerprint density at radius 1 is 1.33 bits per heavy atom. The summed E-state index contributed by atoms with van der Waals surface area (Å²) in [7, 11) is 0. The number of nitrogen functional groups attached to an aromatic ring is 1. The molecule has 1 aliphatic rings. The second kappa shape index (κ2) is 5.55. The fraction of sp³-hybridized carbons (Fsp3) is 0.400. The zero-order valence-corrected chi connectivity index (χ0v) is 12.0. The molecule has 0 saturated carbocycles. The van der Waals surface area contributed by atoms with Crippen molar-refractivity contribution in [3.05, 3.63) is 24.5 Å². The molecule has 1 aromatic carbocycles. The summed E-state index contributed by atoms with van der Waals surface area (Å²) < 4.78 is 0. The smallest absolute Gasteiger partial charge is 0.217 e. The molecule has 1 fully saturated rings. The van der Waals surface area contributed by atoms with Crippen LogP contribution in [-0.2, 0) is 4.79 Å². The number of anilines is 2. The van der Waals surface area contributed by atoms with Gasteiger partial charge in [0.15, 0.2) is 0 Å². The van der Waals surface area contributed by atoms with Gasteiger partial charge in [-0.2, -0.15) is 0 Å². The highest BCUT2D eigenvalue weighted by atomic mass is 16.1. The summed E-state index contributed by atoms with van der Waals surface area (Å²) >= 11 is 0. The molecule has 0 spiro atoms. The monoisotopic (exact) mass is 285 g/mol. The molecule has 3 rings (SSSR count). The average molecular weight is 285 g/mol. The zero-order valence-electron chi connectivity index (χ0n) is 12.0. The van der Waals surface area contributed by atoms with E-state index in [0.29, 0.717) is 5.69 Å². The summed E-state index contributed by atoms with van der Waals surface area (Å²) in [5.41, 5.74) is 7.37. The van der Waals surface area contributed by atoms with E-state index in [0.717, 1.165) is 42.7 Å². The van der Waals surface area contributed by atoms with Crippen LogP contribution < -0.4 is 16.0 Å². The number of carbonyl (C=O) groups excluding carboxylic acids is 1. The summed E-state index contributed by atoms with van der Waals surface area (Å²) in [6.45, 7) is 3.32. The molecule has 2 aromatic rings. The molecular formula is C15H19N5O. The summed E-state index contributed by atoms with van der Waals surface area (Å²) in [5, 5.41) is 4.00. The summed E-state index contributed by atoms with van der Waals surface area (Å²) in [4.78, 5) is 22.1. The fourth-order valence-electron chi connectivity index (χ4n) is 2.83. The van der Waals surface area contributed by atoms with E-state index < -0.39 is 0 Å². The molecule has 1 aliphatic heterocycles. The van der Waals surface area contributed by atoms with Crippen molar-refractivity contribution in [1.82, 2.24) is 15.3 Å². The first kappa shape index (κ1) is 13.6. The summed E-state index contributed by atoms with van der Waals surface area (Å²) in [6.07, 6.45) is 3.44. The fourth-order valence-corrected chi connectivity index (χ4v) is 2.83. The van der Waals surface area contributed by atoms with Gasteiger partial charge < -0.3 is 16.0 Å². The number of carbonyl (C=O) groups is 1. The summed E-state index contributed by atoms with van der Waals surface area (Å²) in [6, 6.07) is 5.98. The lowest BCUT2D eigenvalue weighted by Crippen LogP contribution is -2.44. The molecule has 6 heteroatoms. The SMILES string of the molecule is CC(=O)NC1CCN(c2ncnc3cc(N)ccc23)CC1. The summed E-state index contributed by atoms with van der Waals surface area (Å²) in [5.74, 6) is 0.984. The highest BCUT2D eigenvalue weighted by molar-refractivity contribution is 5.91. The van der Waals surface area contributed by atoms with Crippen molar-refractivity contribution in [1.29, 1.82) is 0 Å². The Hall–Kier alpha value is -2.37. The standard InChI is InChI=1S/C15H19N5O/c1-10(21)19-12-4-6-20(7-5-12)15-13-3-2-11(16)8-14(13)17-9-18-15/h2-3,8-9,12H,4-7,16H2,1H3,(H,19,21). The zero-order chi connectivity index (χ0) is 14.8. The van der Waals surface area contributed by atoms with Crippen molar-refractivity contribution in [2.75, 3.05) is 23.7 Å². The highest BCUT2D eigenvalue weighted by Crippen LogP contribution is 2.26. The van der Waals surface area contributed by atoms with Gasteiger partial charge in [-0.25, -0.2) is 9.97 Å². The van der Waals surface area contributed by atoms with Crippen LogP contribution in [0.5, 0.6) is 0 Å². The van der Waals surface area contributed by atoms with E-state index in [1.165, 1.54) is 0 Å². The Balaban J connectivity index is 1.81. The number of hydrogen-bond acceptors (Lipinski definition) is 5. The van der Waals surface area contributed by atoms with Gasteiger partial charge in [0, 0.05) is 37.1 Å². The quantitative estimate of drug-likeness (QED) is 0.813. The van der Waals surface area contributed by atoms with Gasteiger partial charge in [0.2, 0.25) is 5.91 Å². The minimum Gasteiger partial charge on any atom is -0.399 e. The Morgan fingerprint density at radius 2 is 2.10 bits per heavy atom. The lowest BCUT2D eigenvalue weighted by molar-refractivity contribution is -0.119. The van der Waals surface area contributed by atoms with Crippen LogP contribution in [0.3, 0.4) is 0 Å². The van der Waals surface area contributed by atoms with E-state index >= 15 is 0 Å². The van der Waals surface area contributed by atoms with Gasteiger partial charge in [0.05, 0.1) is 5.52 Å². The first-order valence-corrected chi connectivity index (χ1v) is 7.16. The maximum Gasteiger partial charge on any atom is 0.217 e. The molecule has 0 bridgehead atoms. The Bertz CT molecular complexity index is 664. The predicted molar refractivity (Wildman–Crippen MR) is 83.0 cm³/mol. The van der Waals surface area contributed by atoms with Crippen LogP contribution in [0.15, 0.2) is 24.5 Å². The van der Waals surface area contributed by atoms with Crippen molar-refractivity contribution >= 4 is 28.3 Å². The highest BCUT2D eigenvalue weighted by Gasteiger charge is 2.21. The van der Waals surface area contributed by atoms with Crippen LogP contribution >= 0.6 is 0 Å². The van der Waals surface area contributed by atoms with Crippen molar-refractivity contribution in [3.63, 3.8) is 0 Å². The number of nitrogens with zero attached hydrogens (tertiary/aromatic N) is 3. The number of aromatic nitrogens is 2. The minimum absolute atomic E-state index is 0.0383. The van der Waals surface area contributed by atoms with Gasteiger partial charge in [0.1, 0.15) is 12.1 Å². The van der Waals surface area contributed by atoms with E-state index in [2.05, 4.69) is 20.2 Å². The molecule has 1 amide bonds. The molecule has 0 unspecified atom stereocenters. The molecule has 6 nitrogen and oxygen atoms in total. The molecule has 0 atom stereocenters. The molecule has 1 saturated heterocycles. The third-order valence-electron chi connectivity index (χ3n) is 3.84. The van der Waals surface area contributed by atoms with E-state index in [1.807, 2.05) is 18.2 Å². The van der Waals surface area contributed by atoms with E-state index in [4.69, 9.17) is 5.73 Å². The second-order valence-corrected chi connectivity index (χ2v) is 5.44. The lowest BCUT2D eigenvalue weighted by Gasteiger charge is -2.33. The Labute approximate surface area is 123 Å². The molecule has 0 aliphatic carbocycles. The van der Waals surface area contributed by atoms with E-state index in [1.54, 1.807) is 13.3 Å². The van der Waals surface area contributed by atoms with Crippen LogP contribution in [0.1, 0.15) is 19.8 Å². The van der Waals surface area contributed by atoms with E-state index in [-0.39, 0.29) is 11.9 Å². The van der Waals surface area contributed by atoms with Crippen molar-refractivity contribution in [2.45, 2.75) is 25.8 Å². The first-order valence-electron chi connectivity index (χ1n) is 7.16. The molecule has 3 N–H and O–H groups in total. The number of amides is 1. The van der Waals surface area contributed by atoms with Gasteiger partial charge in [-0.05, 0) is 31.0 Å². The Kier molecular flexibility index (Phi) is 3.60. The third kappa shape index (κ3) is 2.89. The molecule has 21 heavy (non-hydrogen) atoms. The topological polar surface area (TPSA) is 84.1 Å². The van der Waals surface area contributed by atoms with Crippen LogP contribution in [-0.4, -0.2) is 35.0 Å². The van der Waals surface area contributed by atoms with Crippen molar-refractivity contribution < 1.29 is 4.79 Å². The van der Waals surface area contributed by atoms with Gasteiger partial charge in [-0.1, -0.05) is 0 Å². The van der Waals surface area contributed by atoms with E-state index in [9.17, 15) is 4.79 Å². The number of benzene rings is 1. The normalized spacial score (nSPS) is 16.1. The predicted octanol–water partition coefficient (Wildman–Crippen LogP) is 1.32. The maximum atomic E-state index is 11.1. The number of fused-ring (bicyclic) bond motifs is 1. The van der Waals surface area contributed by atoms with Crippen molar-refractivity contribution in [3.8, 4) is 0 Å². The number of nitrogens with two attached hydrogens (primary N) is 1. The molecule has 1 aromatic heterocycles. The minimum atomic E-state index is 0.0383. The lowest BCUT2D eigenvalue weighted by atomic mass is 10.0. The number of piperidine rings is 1. The van der Waals surface area contributed by atoms with Crippen LogP contribution in [0.2, 0.25) is 0 Å². The van der Waals surface area contributed by atoms with Gasteiger partial charge in [-0.3, -0.25) is 4.79 Å². The average Bonchev–Trinajstić information content (AvgIpc) is 2.46. The molecule has 110 valence electrons. The molecular weight excluding hydrogens is 266 g/mol. The number of hydrogen-bond donors (Lipinski definition) is 2. The number of rotatable bonds is 2. The van der Waals surface area contributed by atoms with Gasteiger partial charge in [0.25, 0.3) is 0 Å². The second-order valence-electron chi connectivity index (χ2n) is 5.44. The third-order valence-corrected chi connectivity index (χ3v) is 3.84. The maximum absolute atomic E-state index is 11.1. The van der Waals surface area contributed by atoms with Crippen LogP contribution in [0.25, 0.3) is 10.9 Å². The largest absolute Gasteiger partial charge is 0.399 e. The first-order chi connectivity index (χ1) is 10.1. The molecule has 2 heterocycles. The number of nitrogens with one attached hydrogen (secondary N) is 1. The van der Waals surface area contributed by atoms with Crippen LogP contribution in [0.4, 0.5) is 11.5 Å². The van der Waals surface area contributed by atoms with Crippen molar-refractivity contribution in [2.24, 2.45) is 0 Å².